The summed E-state index contributed by atoms with van der Waals surface area (Å²) in [5, 5.41) is 10.00. The van der Waals surface area contributed by atoms with E-state index >= 15 is 0 Å². The van der Waals surface area contributed by atoms with Gasteiger partial charge in [0.05, 0.1) is 11.2 Å². The summed E-state index contributed by atoms with van der Waals surface area (Å²) in [6, 6.07) is 5.87. The van der Waals surface area contributed by atoms with Gasteiger partial charge in [-0.2, -0.15) is 0 Å². The highest BCUT2D eigenvalue weighted by Crippen LogP contribution is 2.37. The molecule has 1 aromatic carbocycles. The van der Waals surface area contributed by atoms with Crippen molar-refractivity contribution in [1.29, 1.82) is 0 Å². The number of aliphatic hydroxyl groups is 1. The molecule has 2 rings (SSSR count). The topological polar surface area (TPSA) is 47.9 Å². The van der Waals surface area contributed by atoms with Gasteiger partial charge in [-0.3, -0.25) is 0 Å². The van der Waals surface area contributed by atoms with Gasteiger partial charge in [-0.25, -0.2) is 0 Å². The van der Waals surface area contributed by atoms with Crippen LogP contribution in [0.5, 0.6) is 0 Å². The standard InChI is InChI=1S/C17H27BO4/c1-11(2)14-10-12(8-9-13(14)15(19)20-7)18-21-16(3,4)17(5,6)22-18/h8-11,15,19H,1-7H3. The summed E-state index contributed by atoms with van der Waals surface area (Å²) >= 11 is 0. The molecular formula is C17H27BO4. The molecule has 0 amide bonds. The zero-order chi connectivity index (χ0) is 16.7. The minimum absolute atomic E-state index is 0.266. The minimum Gasteiger partial charge on any atom is -0.399 e. The van der Waals surface area contributed by atoms with Crippen LogP contribution >= 0.6 is 0 Å². The molecule has 0 radical (unpaired) electrons. The Morgan fingerprint density at radius 3 is 2.05 bits per heavy atom. The van der Waals surface area contributed by atoms with E-state index in [1.807, 2.05) is 45.9 Å². The van der Waals surface area contributed by atoms with Gasteiger partial charge < -0.3 is 19.2 Å². The van der Waals surface area contributed by atoms with Gasteiger partial charge in [0.25, 0.3) is 0 Å². The molecule has 4 nitrogen and oxygen atoms in total. The number of benzene rings is 1. The Balaban J connectivity index is 2.37. The highest BCUT2D eigenvalue weighted by Gasteiger charge is 2.51. The molecular weight excluding hydrogens is 279 g/mol. The summed E-state index contributed by atoms with van der Waals surface area (Å²) in [4.78, 5) is 0. The second-order valence-corrected chi connectivity index (χ2v) is 7.22. The monoisotopic (exact) mass is 306 g/mol. The van der Waals surface area contributed by atoms with Crippen LogP contribution in [0.15, 0.2) is 18.2 Å². The fraction of sp³-hybridized carbons (Fsp3) is 0.647. The Hall–Kier alpha value is -0.875. The van der Waals surface area contributed by atoms with E-state index in [2.05, 4.69) is 13.8 Å². The highest BCUT2D eigenvalue weighted by molar-refractivity contribution is 6.62. The normalized spacial score (nSPS) is 21.4. The summed E-state index contributed by atoms with van der Waals surface area (Å²) in [5.74, 6) is 0.266. The number of hydrogen-bond acceptors (Lipinski definition) is 4. The van der Waals surface area contributed by atoms with Crippen molar-refractivity contribution in [3.63, 3.8) is 0 Å². The van der Waals surface area contributed by atoms with E-state index in [4.69, 9.17) is 14.0 Å². The molecule has 1 aliphatic heterocycles. The van der Waals surface area contributed by atoms with Crippen molar-refractivity contribution in [3.05, 3.63) is 29.3 Å². The Morgan fingerprint density at radius 1 is 1.05 bits per heavy atom. The molecule has 0 aliphatic carbocycles. The summed E-state index contributed by atoms with van der Waals surface area (Å²) in [6.07, 6.45) is -0.912. The maximum absolute atomic E-state index is 10.00. The zero-order valence-electron chi connectivity index (χ0n) is 14.6. The van der Waals surface area contributed by atoms with E-state index in [-0.39, 0.29) is 17.1 Å². The zero-order valence-corrected chi connectivity index (χ0v) is 14.6. The van der Waals surface area contributed by atoms with Crippen LogP contribution in [0.1, 0.15) is 64.9 Å². The average molecular weight is 306 g/mol. The van der Waals surface area contributed by atoms with Crippen LogP contribution in [-0.2, 0) is 14.0 Å². The number of hydrogen-bond donors (Lipinski definition) is 1. The fourth-order valence-electron chi connectivity index (χ4n) is 2.57. The predicted octanol–water partition coefficient (Wildman–Crippen LogP) is 2.75. The van der Waals surface area contributed by atoms with E-state index in [9.17, 15) is 5.11 Å². The first-order valence-corrected chi connectivity index (χ1v) is 7.79. The first-order chi connectivity index (χ1) is 10.1. The van der Waals surface area contributed by atoms with Crippen LogP contribution in [0.25, 0.3) is 0 Å². The first kappa shape index (κ1) is 17.5. The van der Waals surface area contributed by atoms with E-state index in [0.717, 1.165) is 16.6 Å². The van der Waals surface area contributed by atoms with Gasteiger partial charge >= 0.3 is 7.12 Å². The molecule has 1 aromatic rings. The van der Waals surface area contributed by atoms with E-state index < -0.39 is 13.4 Å². The van der Waals surface area contributed by atoms with Gasteiger partial charge in [0, 0.05) is 12.7 Å². The van der Waals surface area contributed by atoms with Crippen LogP contribution in [0, 0.1) is 0 Å². The summed E-state index contributed by atoms with van der Waals surface area (Å²) in [7, 11) is 1.10. The molecule has 0 saturated carbocycles. The highest BCUT2D eigenvalue weighted by atomic mass is 16.7. The smallest absolute Gasteiger partial charge is 0.399 e. The van der Waals surface area contributed by atoms with Crippen LogP contribution in [-0.4, -0.2) is 30.5 Å². The van der Waals surface area contributed by atoms with Gasteiger partial charge in [-0.15, -0.1) is 0 Å². The fourth-order valence-corrected chi connectivity index (χ4v) is 2.57. The van der Waals surface area contributed by atoms with Gasteiger partial charge in [0.15, 0.2) is 6.29 Å². The van der Waals surface area contributed by atoms with Gasteiger partial charge in [-0.05, 0) is 44.6 Å². The molecule has 1 atom stereocenters. The second-order valence-electron chi connectivity index (χ2n) is 7.22. The third-order valence-corrected chi connectivity index (χ3v) is 4.75. The third kappa shape index (κ3) is 3.09. The molecule has 1 saturated heterocycles. The van der Waals surface area contributed by atoms with Crippen LogP contribution in [0.2, 0.25) is 0 Å². The second kappa shape index (κ2) is 5.97. The largest absolute Gasteiger partial charge is 0.494 e. The molecule has 1 aliphatic rings. The molecule has 1 N–H and O–H groups in total. The van der Waals surface area contributed by atoms with Crippen molar-refractivity contribution < 1.29 is 19.2 Å². The van der Waals surface area contributed by atoms with Crippen molar-refractivity contribution in [3.8, 4) is 0 Å². The van der Waals surface area contributed by atoms with Crippen molar-refractivity contribution in [2.75, 3.05) is 7.11 Å². The molecule has 0 aromatic heterocycles. The van der Waals surface area contributed by atoms with Crippen molar-refractivity contribution >= 4 is 12.6 Å². The SMILES string of the molecule is COC(O)c1ccc(B2OC(C)(C)C(C)(C)O2)cc1C(C)C. The average Bonchev–Trinajstić information content (AvgIpc) is 2.66. The summed E-state index contributed by atoms with van der Waals surface area (Å²) in [5.41, 5.74) is 2.08. The Kier molecular flexibility index (Phi) is 4.74. The van der Waals surface area contributed by atoms with Crippen molar-refractivity contribution in [1.82, 2.24) is 0 Å². The first-order valence-electron chi connectivity index (χ1n) is 7.79. The number of rotatable bonds is 4. The summed E-state index contributed by atoms with van der Waals surface area (Å²) < 4.78 is 17.2. The van der Waals surface area contributed by atoms with Crippen molar-refractivity contribution in [2.45, 2.75) is 65.0 Å². The number of ether oxygens (including phenoxy) is 1. The molecule has 1 heterocycles. The summed E-state index contributed by atoms with van der Waals surface area (Å²) in [6.45, 7) is 12.3. The minimum atomic E-state index is -0.912. The van der Waals surface area contributed by atoms with Gasteiger partial charge in [0.2, 0.25) is 0 Å². The quantitative estimate of drug-likeness (QED) is 0.686. The molecule has 22 heavy (non-hydrogen) atoms. The molecule has 5 heteroatoms. The Labute approximate surface area is 133 Å². The lowest BCUT2D eigenvalue weighted by molar-refractivity contribution is -0.0775. The number of aliphatic hydroxyl groups excluding tert-OH is 1. The lowest BCUT2D eigenvalue weighted by Crippen LogP contribution is -2.41. The molecule has 0 spiro atoms. The van der Waals surface area contributed by atoms with Crippen LogP contribution in [0.3, 0.4) is 0 Å². The van der Waals surface area contributed by atoms with Crippen LogP contribution in [0.4, 0.5) is 0 Å². The predicted molar refractivity (Wildman–Crippen MR) is 88.2 cm³/mol. The Bertz CT molecular complexity index is 523. The van der Waals surface area contributed by atoms with E-state index in [1.165, 1.54) is 7.11 Å². The van der Waals surface area contributed by atoms with Crippen molar-refractivity contribution in [2.24, 2.45) is 0 Å². The molecule has 1 unspecified atom stereocenters. The molecule has 1 fully saturated rings. The van der Waals surface area contributed by atoms with Gasteiger partial charge in [-0.1, -0.05) is 32.0 Å². The lowest BCUT2D eigenvalue weighted by atomic mass is 9.76. The third-order valence-electron chi connectivity index (χ3n) is 4.75. The van der Waals surface area contributed by atoms with Gasteiger partial charge in [0.1, 0.15) is 0 Å². The molecule has 0 bridgehead atoms. The molecule has 122 valence electrons. The van der Waals surface area contributed by atoms with Crippen LogP contribution < -0.4 is 5.46 Å². The lowest BCUT2D eigenvalue weighted by Gasteiger charge is -2.32. The van der Waals surface area contributed by atoms with E-state index in [0.29, 0.717) is 0 Å². The number of methoxy groups -OCH3 is 1. The Morgan fingerprint density at radius 2 is 1.59 bits per heavy atom. The van der Waals surface area contributed by atoms with E-state index in [1.54, 1.807) is 0 Å². The maximum Gasteiger partial charge on any atom is 0.494 e. The maximum atomic E-state index is 10.00.